The Kier molecular flexibility index (Phi) is 5.43. The molecule has 1 aromatic rings. The Hall–Kier alpha value is -2.57. The van der Waals surface area contributed by atoms with Crippen LogP contribution in [0.4, 0.5) is 5.69 Å². The molecule has 0 fully saturated rings. The van der Waals surface area contributed by atoms with Gasteiger partial charge in [-0.1, -0.05) is 44.2 Å². The van der Waals surface area contributed by atoms with Crippen LogP contribution in [0.25, 0.3) is 0 Å². The molecule has 0 spiro atoms. The lowest BCUT2D eigenvalue weighted by atomic mass is 9.91. The molecule has 1 aliphatic carbocycles. The minimum Gasteiger partial charge on any atom is -0.545 e. The molecule has 24 heavy (non-hydrogen) atoms. The standard InChI is InChI=1S/C18H21NO5/c1-18(2)9-5-4-6-13(11-18)12-24-14-7-8-15(17(20)21)16(10-14)19(22)23-3/h4-11,22H,12H2,1-3H3,(H,20,21)/p-1. The first-order valence-electron chi connectivity index (χ1n) is 7.41. The molecule has 6 nitrogen and oxygen atoms in total. The van der Waals surface area contributed by atoms with E-state index in [1.54, 1.807) is 0 Å². The van der Waals surface area contributed by atoms with Crippen LogP contribution >= 0.6 is 0 Å². The van der Waals surface area contributed by atoms with E-state index in [0.29, 0.717) is 17.6 Å². The number of nitrogens with zero attached hydrogens (tertiary/aromatic N) is 1. The number of rotatable bonds is 6. The molecule has 0 atom stereocenters. The van der Waals surface area contributed by atoms with Gasteiger partial charge in [-0.25, -0.2) is 0 Å². The number of carbonyl (C=O) groups is 1. The molecule has 1 aromatic carbocycles. The summed E-state index contributed by atoms with van der Waals surface area (Å²) in [6, 6.07) is 4.17. The van der Waals surface area contributed by atoms with E-state index in [0.717, 1.165) is 5.57 Å². The summed E-state index contributed by atoms with van der Waals surface area (Å²) in [6.07, 6.45) is 10.1. The Morgan fingerprint density at radius 2 is 2.08 bits per heavy atom. The van der Waals surface area contributed by atoms with Crippen molar-refractivity contribution in [3.8, 4) is 5.75 Å². The van der Waals surface area contributed by atoms with E-state index in [4.69, 9.17) is 4.74 Å². The zero-order valence-corrected chi connectivity index (χ0v) is 13.9. The van der Waals surface area contributed by atoms with Crippen molar-refractivity contribution in [2.24, 2.45) is 5.41 Å². The van der Waals surface area contributed by atoms with Crippen molar-refractivity contribution in [2.75, 3.05) is 18.9 Å². The zero-order valence-electron chi connectivity index (χ0n) is 13.9. The number of hydrogen-bond donors (Lipinski definition) is 1. The minimum atomic E-state index is -1.42. The maximum absolute atomic E-state index is 11.1. The molecule has 0 saturated carbocycles. The Morgan fingerprint density at radius 1 is 1.33 bits per heavy atom. The number of allylic oxidation sites excluding steroid dienone is 4. The Balaban J connectivity index is 2.19. The summed E-state index contributed by atoms with van der Waals surface area (Å²) in [5.41, 5.74) is 0.639. The first-order chi connectivity index (χ1) is 11.3. The number of hydrogen-bond acceptors (Lipinski definition) is 6. The van der Waals surface area contributed by atoms with E-state index in [1.165, 1.54) is 25.3 Å². The van der Waals surface area contributed by atoms with Crippen LogP contribution in [0.1, 0.15) is 24.2 Å². The number of benzene rings is 1. The van der Waals surface area contributed by atoms with Crippen molar-refractivity contribution in [1.82, 2.24) is 0 Å². The predicted molar refractivity (Wildman–Crippen MR) is 87.7 cm³/mol. The summed E-state index contributed by atoms with van der Waals surface area (Å²) in [6.45, 7) is 4.49. The highest BCUT2D eigenvalue weighted by Crippen LogP contribution is 2.27. The summed E-state index contributed by atoms with van der Waals surface area (Å²) < 4.78 is 5.71. The van der Waals surface area contributed by atoms with E-state index >= 15 is 0 Å². The van der Waals surface area contributed by atoms with Gasteiger partial charge in [-0.15, -0.1) is 5.23 Å². The van der Waals surface area contributed by atoms with Gasteiger partial charge in [0.15, 0.2) is 0 Å². The van der Waals surface area contributed by atoms with Crippen LogP contribution in [0.3, 0.4) is 0 Å². The smallest absolute Gasteiger partial charge is 0.122 e. The van der Waals surface area contributed by atoms with Crippen molar-refractivity contribution < 1.29 is 24.7 Å². The van der Waals surface area contributed by atoms with Gasteiger partial charge < -0.3 is 14.6 Å². The molecule has 0 heterocycles. The van der Waals surface area contributed by atoms with Gasteiger partial charge in [0, 0.05) is 17.0 Å². The van der Waals surface area contributed by atoms with Crippen molar-refractivity contribution in [3.05, 3.63) is 59.7 Å². The van der Waals surface area contributed by atoms with Crippen LogP contribution in [0.2, 0.25) is 0 Å². The molecule has 0 saturated heterocycles. The summed E-state index contributed by atoms with van der Waals surface area (Å²) in [5.74, 6) is -1.02. The molecule has 1 aliphatic rings. The molecule has 0 amide bonds. The maximum atomic E-state index is 11.1. The molecule has 0 aromatic heterocycles. The summed E-state index contributed by atoms with van der Waals surface area (Å²) in [7, 11) is 1.21. The summed E-state index contributed by atoms with van der Waals surface area (Å²) in [4.78, 5) is 15.7. The second-order valence-corrected chi connectivity index (χ2v) is 5.97. The number of aromatic carboxylic acids is 1. The average Bonchev–Trinajstić information content (AvgIpc) is 2.72. The molecular weight excluding hydrogens is 310 g/mol. The van der Waals surface area contributed by atoms with Gasteiger partial charge in [0.25, 0.3) is 0 Å². The second-order valence-electron chi connectivity index (χ2n) is 5.97. The minimum absolute atomic E-state index is 0.0672. The lowest BCUT2D eigenvalue weighted by Gasteiger charge is -2.19. The number of ether oxygens (including phenoxy) is 1. The van der Waals surface area contributed by atoms with Crippen molar-refractivity contribution in [3.63, 3.8) is 0 Å². The molecule has 0 unspecified atom stereocenters. The molecule has 0 bridgehead atoms. The molecule has 0 radical (unpaired) electrons. The topological polar surface area (TPSA) is 82.1 Å². The highest BCUT2D eigenvalue weighted by atomic mass is 16.9. The fourth-order valence-corrected chi connectivity index (χ4v) is 2.34. The van der Waals surface area contributed by atoms with E-state index in [1.807, 2.05) is 18.2 Å². The number of carbonyl (C=O) groups excluding carboxylic acids is 1. The van der Waals surface area contributed by atoms with E-state index in [2.05, 4.69) is 30.8 Å². The summed E-state index contributed by atoms with van der Waals surface area (Å²) in [5, 5.41) is 21.1. The van der Waals surface area contributed by atoms with Gasteiger partial charge >= 0.3 is 0 Å². The van der Waals surface area contributed by atoms with Gasteiger partial charge in [-0.2, -0.15) is 0 Å². The summed E-state index contributed by atoms with van der Waals surface area (Å²) >= 11 is 0. The monoisotopic (exact) mass is 330 g/mol. The first kappa shape index (κ1) is 17.8. The average molecular weight is 330 g/mol. The van der Waals surface area contributed by atoms with Gasteiger partial charge in [0.2, 0.25) is 0 Å². The van der Waals surface area contributed by atoms with Crippen LogP contribution in [0.15, 0.2) is 54.2 Å². The van der Waals surface area contributed by atoms with Crippen molar-refractivity contribution >= 4 is 11.7 Å². The van der Waals surface area contributed by atoms with Crippen LogP contribution < -0.4 is 15.1 Å². The molecular formula is C18H20NO5-. The van der Waals surface area contributed by atoms with Gasteiger partial charge in [-0.05, 0) is 17.7 Å². The van der Waals surface area contributed by atoms with Crippen LogP contribution in [0, 0.1) is 5.41 Å². The second kappa shape index (κ2) is 7.33. The molecule has 1 N–H and O–H groups in total. The fraction of sp³-hybridized carbons (Fsp3) is 0.278. The SMILES string of the molecule is CON(O)c1cc(OCC2=CC(C)(C)C=CC=C2)ccc1C(=O)[O-]. The number of carboxylic acid groups (broad SMARTS) is 1. The fourth-order valence-electron chi connectivity index (χ4n) is 2.34. The number of anilines is 1. The van der Waals surface area contributed by atoms with Crippen molar-refractivity contribution in [2.45, 2.75) is 13.8 Å². The van der Waals surface area contributed by atoms with Gasteiger partial charge in [0.1, 0.15) is 18.0 Å². The van der Waals surface area contributed by atoms with E-state index < -0.39 is 5.97 Å². The highest BCUT2D eigenvalue weighted by Gasteiger charge is 2.14. The third-order valence-electron chi connectivity index (χ3n) is 3.48. The predicted octanol–water partition coefficient (Wildman–Crippen LogP) is 2.26. The lowest BCUT2D eigenvalue weighted by Crippen LogP contribution is -2.26. The third kappa shape index (κ3) is 4.47. The highest BCUT2D eigenvalue weighted by molar-refractivity contribution is 5.92. The third-order valence-corrected chi connectivity index (χ3v) is 3.48. The Bertz CT molecular complexity index is 703. The van der Waals surface area contributed by atoms with Crippen LogP contribution in [0.5, 0.6) is 5.75 Å². The molecule has 128 valence electrons. The first-order valence-corrected chi connectivity index (χ1v) is 7.41. The quantitative estimate of drug-likeness (QED) is 0.806. The number of carboxylic acids is 1. The van der Waals surface area contributed by atoms with Crippen LogP contribution in [-0.4, -0.2) is 24.9 Å². The maximum Gasteiger partial charge on any atom is 0.122 e. The van der Waals surface area contributed by atoms with Gasteiger partial charge in [-0.3, -0.25) is 10.0 Å². The van der Waals surface area contributed by atoms with E-state index in [-0.39, 0.29) is 16.7 Å². The largest absolute Gasteiger partial charge is 0.545 e. The molecule has 6 heteroatoms. The normalized spacial score (nSPS) is 15.6. The van der Waals surface area contributed by atoms with Crippen molar-refractivity contribution in [1.29, 1.82) is 0 Å². The zero-order chi connectivity index (χ0) is 17.7. The Labute approximate surface area is 140 Å². The lowest BCUT2D eigenvalue weighted by molar-refractivity contribution is -0.255. The van der Waals surface area contributed by atoms with E-state index in [9.17, 15) is 15.1 Å². The van der Waals surface area contributed by atoms with Crippen LogP contribution in [-0.2, 0) is 4.84 Å². The molecule has 0 aliphatic heterocycles. The molecule has 2 rings (SSSR count). The Morgan fingerprint density at radius 3 is 2.75 bits per heavy atom. The van der Waals surface area contributed by atoms with Gasteiger partial charge in [0.05, 0.1) is 13.1 Å².